The lowest BCUT2D eigenvalue weighted by Crippen LogP contribution is -3.00. The zero-order valence-corrected chi connectivity index (χ0v) is 27.2. The highest BCUT2D eigenvalue weighted by atomic mass is 35.5. The number of anilines is 2. The summed E-state index contributed by atoms with van der Waals surface area (Å²) >= 11 is 0. The summed E-state index contributed by atoms with van der Waals surface area (Å²) in [6.45, 7) is 0. The molecule has 6 nitrogen and oxygen atoms in total. The third kappa shape index (κ3) is 10.4. The van der Waals surface area contributed by atoms with E-state index in [0.29, 0.717) is 36.2 Å². The van der Waals surface area contributed by atoms with Gasteiger partial charge in [0.25, 0.3) is 0 Å². The molecule has 0 radical (unpaired) electrons. The standard InChI is InChI=1S/2C15H15F6N3.2ClH/c2*16-14(17,18)8-5-9(15(19,20)21)7-10(6-8)22-13-23-11-3-1-2-4-12(11)24-13;;/h2*5-7,11-12H,1-4H2,(H2,22,23,24);2*1H/t2*11-,12-;;/m11../s1. The smallest absolute Gasteiger partial charge is 0.416 e. The zero-order valence-electron chi connectivity index (χ0n) is 25.7. The molecule has 6 rings (SSSR count). The summed E-state index contributed by atoms with van der Waals surface area (Å²) in [6.07, 6.45) is -11.6. The second kappa shape index (κ2) is 15.5. The van der Waals surface area contributed by atoms with Crippen LogP contribution in [0.3, 0.4) is 0 Å². The minimum Gasteiger partial charge on any atom is -1.00 e. The topological polar surface area (TPSA) is 76.1 Å². The van der Waals surface area contributed by atoms with E-state index in [4.69, 9.17) is 0 Å². The van der Waals surface area contributed by atoms with E-state index in [1.54, 1.807) is 0 Å². The van der Waals surface area contributed by atoms with E-state index in [1.807, 2.05) is 0 Å². The maximum absolute atomic E-state index is 12.9. The predicted molar refractivity (Wildman–Crippen MR) is 150 cm³/mol. The van der Waals surface area contributed by atoms with Crippen molar-refractivity contribution in [2.75, 3.05) is 10.6 Å². The van der Waals surface area contributed by atoms with E-state index in [0.717, 1.165) is 51.4 Å². The lowest BCUT2D eigenvalue weighted by molar-refractivity contribution is -0.499. The van der Waals surface area contributed by atoms with E-state index in [2.05, 4.69) is 31.3 Å². The van der Waals surface area contributed by atoms with E-state index in [9.17, 15) is 52.7 Å². The molecule has 0 spiro atoms. The number of guanidine groups is 2. The average molecular weight is 776 g/mol. The Labute approximate surface area is 290 Å². The van der Waals surface area contributed by atoms with Crippen molar-refractivity contribution in [2.45, 2.75) is 100 Å². The van der Waals surface area contributed by atoms with Gasteiger partial charge in [-0.1, -0.05) is 0 Å². The fourth-order valence-corrected chi connectivity index (χ4v) is 6.26. The number of halogens is 14. The van der Waals surface area contributed by atoms with E-state index >= 15 is 0 Å². The van der Waals surface area contributed by atoms with Crippen LogP contribution in [0, 0.1) is 0 Å². The van der Waals surface area contributed by atoms with Crippen molar-refractivity contribution in [3.8, 4) is 0 Å². The quantitative estimate of drug-likeness (QED) is 0.222. The average Bonchev–Trinajstić information content (AvgIpc) is 3.58. The van der Waals surface area contributed by atoms with Crippen LogP contribution in [-0.2, 0) is 24.7 Å². The van der Waals surface area contributed by atoms with Gasteiger partial charge in [-0.05, 0) is 87.8 Å². The van der Waals surface area contributed by atoms with Gasteiger partial charge in [0, 0.05) is 0 Å². The van der Waals surface area contributed by atoms with Crippen molar-refractivity contribution in [1.29, 1.82) is 0 Å². The second-order valence-electron chi connectivity index (χ2n) is 12.2. The van der Waals surface area contributed by atoms with Crippen LogP contribution >= 0.6 is 0 Å². The Morgan fingerprint density at radius 3 is 1.00 bits per heavy atom. The largest absolute Gasteiger partial charge is 1.00 e. The van der Waals surface area contributed by atoms with Crippen molar-refractivity contribution in [3.05, 3.63) is 58.7 Å². The molecule has 2 saturated carbocycles. The minimum atomic E-state index is -4.85. The fourth-order valence-electron chi connectivity index (χ4n) is 6.26. The van der Waals surface area contributed by atoms with Crippen molar-refractivity contribution in [1.82, 2.24) is 10.6 Å². The van der Waals surface area contributed by atoms with Crippen molar-refractivity contribution in [3.63, 3.8) is 0 Å². The highest BCUT2D eigenvalue weighted by molar-refractivity contribution is 5.91. The molecule has 2 aliphatic carbocycles. The molecule has 6 N–H and O–H groups in total. The van der Waals surface area contributed by atoms with E-state index in [-0.39, 0.29) is 72.5 Å². The molecule has 20 heteroatoms. The van der Waals surface area contributed by atoms with Crippen molar-refractivity contribution >= 4 is 23.3 Å². The summed E-state index contributed by atoms with van der Waals surface area (Å²) in [5.41, 5.74) is -5.87. The fraction of sp³-hybridized carbons (Fsp3) is 0.533. The maximum Gasteiger partial charge on any atom is 0.416 e. The number of fused-ring (bicyclic) bond motifs is 2. The lowest BCUT2D eigenvalue weighted by atomic mass is 9.92. The molecule has 4 atom stereocenters. The van der Waals surface area contributed by atoms with Gasteiger partial charge in [0.1, 0.15) is 35.5 Å². The molecular formula is C30H32Cl2F12N6. The summed E-state index contributed by atoms with van der Waals surface area (Å²) in [5.74, 6) is 0.693. The van der Waals surface area contributed by atoms with Gasteiger partial charge in [-0.15, -0.1) is 0 Å². The zero-order chi connectivity index (χ0) is 35.1. The van der Waals surface area contributed by atoms with E-state index in [1.165, 1.54) is 0 Å². The molecule has 50 heavy (non-hydrogen) atoms. The van der Waals surface area contributed by atoms with Crippen LogP contribution in [-0.4, -0.2) is 36.1 Å². The third-order valence-electron chi connectivity index (χ3n) is 8.56. The Morgan fingerprint density at radius 2 is 0.740 bits per heavy atom. The molecule has 0 saturated heterocycles. The summed E-state index contributed by atoms with van der Waals surface area (Å²) < 4.78 is 154. The van der Waals surface area contributed by atoms with Gasteiger partial charge in [-0.3, -0.25) is 20.6 Å². The number of benzene rings is 2. The Bertz CT molecular complexity index is 1360. The number of hydrogen-bond acceptors (Lipinski definition) is 4. The summed E-state index contributed by atoms with van der Waals surface area (Å²) in [4.78, 5) is 6.18. The molecule has 2 heterocycles. The summed E-state index contributed by atoms with van der Waals surface area (Å²) in [7, 11) is 0. The van der Waals surface area contributed by atoms with Crippen LogP contribution < -0.4 is 56.1 Å². The minimum absolute atomic E-state index is 0. The van der Waals surface area contributed by atoms with Gasteiger partial charge in [0.15, 0.2) is 0 Å². The number of hydrogen-bond donors (Lipinski definition) is 6. The van der Waals surface area contributed by atoms with Crippen LogP contribution in [0.1, 0.15) is 73.6 Å². The Balaban J connectivity index is 0.000000260. The third-order valence-corrected chi connectivity index (χ3v) is 8.56. The van der Waals surface area contributed by atoms with Crippen LogP contribution in [0.15, 0.2) is 36.4 Å². The first-order chi connectivity index (χ1) is 22.3. The van der Waals surface area contributed by atoms with Crippen molar-refractivity contribution < 1.29 is 87.5 Å². The molecule has 4 aliphatic rings. The molecule has 0 amide bonds. The van der Waals surface area contributed by atoms with Crippen LogP contribution in [0.4, 0.5) is 64.1 Å². The molecule has 2 aliphatic heterocycles. The Kier molecular flexibility index (Phi) is 12.8. The highest BCUT2D eigenvalue weighted by Gasteiger charge is 2.41. The molecule has 2 fully saturated rings. The SMILES string of the molecule is FC(F)(F)c1cc(NC2=[NH+][C@@H]3CCCC[C@H]3N2)cc(C(F)(F)F)c1.FC(F)(F)c1cc(NC2=[NH+][C@@H]3CCCC[C@H]3N2)cc(C(F)(F)F)c1.[Cl-].[Cl-]. The number of alkyl halides is 12. The molecule has 2 aromatic carbocycles. The molecule has 280 valence electrons. The van der Waals surface area contributed by atoms with Gasteiger partial charge < -0.3 is 24.8 Å². The van der Waals surface area contributed by atoms with Crippen LogP contribution in [0.2, 0.25) is 0 Å². The monoisotopic (exact) mass is 774 g/mol. The van der Waals surface area contributed by atoms with E-state index < -0.39 is 47.0 Å². The number of rotatable bonds is 2. The normalized spacial score (nSPS) is 23.2. The summed E-state index contributed by atoms with van der Waals surface area (Å²) in [5, 5.41) is 11.4. The van der Waals surface area contributed by atoms with Gasteiger partial charge in [0.05, 0.1) is 22.3 Å². The highest BCUT2D eigenvalue weighted by Crippen LogP contribution is 2.39. The lowest BCUT2D eigenvalue weighted by Gasteiger charge is -2.19. The van der Waals surface area contributed by atoms with Crippen LogP contribution in [0.5, 0.6) is 0 Å². The van der Waals surface area contributed by atoms with Gasteiger partial charge >= 0.3 is 36.6 Å². The molecule has 0 aromatic heterocycles. The first kappa shape index (κ1) is 41.1. The maximum atomic E-state index is 12.9. The first-order valence-corrected chi connectivity index (χ1v) is 15.2. The molecule has 0 unspecified atom stereocenters. The molecule has 0 bridgehead atoms. The van der Waals surface area contributed by atoms with Gasteiger partial charge in [0.2, 0.25) is 0 Å². The molecule has 2 aromatic rings. The van der Waals surface area contributed by atoms with Gasteiger partial charge in [-0.25, -0.2) is 10.6 Å². The van der Waals surface area contributed by atoms with Crippen LogP contribution in [0.25, 0.3) is 0 Å². The van der Waals surface area contributed by atoms with Crippen molar-refractivity contribution in [2.24, 2.45) is 0 Å². The van der Waals surface area contributed by atoms with Gasteiger partial charge in [-0.2, -0.15) is 52.7 Å². The summed E-state index contributed by atoms with van der Waals surface area (Å²) in [6, 6.07) is 3.52. The predicted octanol–water partition coefficient (Wildman–Crippen LogP) is -1.02. The Morgan fingerprint density at radius 1 is 0.460 bits per heavy atom. The second-order valence-corrected chi connectivity index (χ2v) is 12.2. The Hall–Kier alpha value is -3.28. The number of nitrogens with one attached hydrogen (secondary N) is 6. The first-order valence-electron chi connectivity index (χ1n) is 15.2. The molecular weight excluding hydrogens is 743 g/mol.